The first-order chi connectivity index (χ1) is 13.6. The van der Waals surface area contributed by atoms with Gasteiger partial charge >= 0.3 is 0 Å². The summed E-state index contributed by atoms with van der Waals surface area (Å²) in [6.45, 7) is 3.71. The Hall–Kier alpha value is -2.99. The van der Waals surface area contributed by atoms with E-state index < -0.39 is 0 Å². The van der Waals surface area contributed by atoms with Crippen LogP contribution in [0, 0.1) is 5.82 Å². The minimum Gasteiger partial charge on any atom is -0.348 e. The maximum absolute atomic E-state index is 13.6. The molecule has 2 heterocycles. The van der Waals surface area contributed by atoms with Crippen molar-refractivity contribution in [2.45, 2.75) is 25.9 Å². The molecule has 0 bridgehead atoms. The molecule has 4 rings (SSSR count). The monoisotopic (exact) mass is 378 g/mol. The minimum atomic E-state index is -0.281. The Morgan fingerprint density at radius 1 is 1.25 bits per heavy atom. The fourth-order valence-electron chi connectivity index (χ4n) is 3.68. The highest BCUT2D eigenvalue weighted by molar-refractivity contribution is 5.78. The van der Waals surface area contributed by atoms with Gasteiger partial charge in [-0.15, -0.1) is 0 Å². The van der Waals surface area contributed by atoms with Gasteiger partial charge in [-0.25, -0.2) is 4.39 Å². The third kappa shape index (κ3) is 3.97. The fourth-order valence-corrected chi connectivity index (χ4v) is 3.68. The Balaban J connectivity index is 1.43. The van der Waals surface area contributed by atoms with Crippen LogP contribution in [0.3, 0.4) is 0 Å². The number of nitrogens with one attached hydrogen (secondary N) is 2. The molecular weight excluding hydrogens is 355 g/mol. The number of nitrogens with zero attached hydrogens (tertiary/aromatic N) is 2. The molecule has 28 heavy (non-hydrogen) atoms. The van der Waals surface area contributed by atoms with E-state index in [9.17, 15) is 9.18 Å². The number of aromatic amines is 1. The van der Waals surface area contributed by atoms with Crippen LogP contribution in [0.15, 0.2) is 54.6 Å². The second-order valence-corrected chi connectivity index (χ2v) is 7.20. The Kier molecular flexibility index (Phi) is 5.21. The Labute approximate surface area is 163 Å². The van der Waals surface area contributed by atoms with Gasteiger partial charge in [0.2, 0.25) is 5.91 Å². The molecule has 2 aromatic carbocycles. The average Bonchev–Trinajstić information content (AvgIpc) is 3.12. The zero-order valence-corrected chi connectivity index (χ0v) is 15.8. The first-order valence-electron chi connectivity index (χ1n) is 9.49. The van der Waals surface area contributed by atoms with Crippen molar-refractivity contribution in [1.82, 2.24) is 20.4 Å². The van der Waals surface area contributed by atoms with Crippen LogP contribution in [0.5, 0.6) is 0 Å². The van der Waals surface area contributed by atoms with Crippen molar-refractivity contribution in [2.75, 3.05) is 13.1 Å². The quantitative estimate of drug-likeness (QED) is 0.715. The number of carbonyl (C=O) groups excluding carboxylic acids is 1. The van der Waals surface area contributed by atoms with Gasteiger partial charge < -0.3 is 5.32 Å². The summed E-state index contributed by atoms with van der Waals surface area (Å²) >= 11 is 0. The molecule has 1 atom stereocenters. The summed E-state index contributed by atoms with van der Waals surface area (Å²) in [5.41, 5.74) is 4.70. The van der Waals surface area contributed by atoms with Gasteiger partial charge in [0.1, 0.15) is 5.82 Å². The molecule has 1 aliphatic rings. The van der Waals surface area contributed by atoms with Gasteiger partial charge in [0.05, 0.1) is 18.3 Å². The number of aromatic nitrogens is 2. The molecule has 2 N–H and O–H groups in total. The molecule has 0 fully saturated rings. The van der Waals surface area contributed by atoms with Crippen LogP contribution >= 0.6 is 0 Å². The molecule has 0 saturated heterocycles. The van der Waals surface area contributed by atoms with Crippen molar-refractivity contribution >= 4 is 5.91 Å². The second kappa shape index (κ2) is 7.94. The lowest BCUT2D eigenvalue weighted by Gasteiger charge is -2.27. The minimum absolute atomic E-state index is 0.00407. The topological polar surface area (TPSA) is 61.0 Å². The lowest BCUT2D eigenvalue weighted by atomic mass is 10.0. The van der Waals surface area contributed by atoms with E-state index in [0.717, 1.165) is 41.0 Å². The molecule has 1 aliphatic heterocycles. The van der Waals surface area contributed by atoms with Gasteiger partial charge in [-0.1, -0.05) is 42.5 Å². The molecule has 0 radical (unpaired) electrons. The third-order valence-corrected chi connectivity index (χ3v) is 5.15. The van der Waals surface area contributed by atoms with Gasteiger partial charge in [0.15, 0.2) is 0 Å². The molecular formula is C22H23FN4O. The molecule has 0 saturated carbocycles. The van der Waals surface area contributed by atoms with Gasteiger partial charge in [-0.2, -0.15) is 5.10 Å². The SMILES string of the molecule is C[C@H](NC(=O)CN1CCc2[nH]nc(-c3cccc(F)c3)c2C1)c1ccccc1. The summed E-state index contributed by atoms with van der Waals surface area (Å²) in [4.78, 5) is 14.6. The number of hydrogen-bond acceptors (Lipinski definition) is 3. The smallest absolute Gasteiger partial charge is 0.234 e. The number of H-pyrrole nitrogens is 1. The standard InChI is InChI=1S/C22H23FN4O/c1-15(16-6-3-2-4-7-16)24-21(28)14-27-11-10-20-19(13-27)22(26-25-20)17-8-5-9-18(23)12-17/h2-9,12,15H,10-11,13-14H2,1H3,(H,24,28)(H,25,26)/t15-/m0/s1. The van der Waals surface area contributed by atoms with Crippen molar-refractivity contribution < 1.29 is 9.18 Å². The Bertz CT molecular complexity index is 970. The van der Waals surface area contributed by atoms with E-state index in [0.29, 0.717) is 13.1 Å². The molecule has 1 aromatic heterocycles. The van der Waals surface area contributed by atoms with Crippen molar-refractivity contribution in [3.63, 3.8) is 0 Å². The highest BCUT2D eigenvalue weighted by Crippen LogP contribution is 2.28. The Morgan fingerprint density at radius 2 is 2.07 bits per heavy atom. The summed E-state index contributed by atoms with van der Waals surface area (Å²) in [5, 5.41) is 10.5. The first kappa shape index (κ1) is 18.4. The molecule has 0 aliphatic carbocycles. The molecule has 5 nitrogen and oxygen atoms in total. The third-order valence-electron chi connectivity index (χ3n) is 5.15. The highest BCUT2D eigenvalue weighted by atomic mass is 19.1. The number of carbonyl (C=O) groups is 1. The maximum atomic E-state index is 13.6. The number of hydrogen-bond donors (Lipinski definition) is 2. The zero-order chi connectivity index (χ0) is 19.5. The molecule has 0 spiro atoms. The largest absolute Gasteiger partial charge is 0.348 e. The first-order valence-corrected chi connectivity index (χ1v) is 9.49. The second-order valence-electron chi connectivity index (χ2n) is 7.20. The average molecular weight is 378 g/mol. The van der Waals surface area contributed by atoms with Crippen molar-refractivity contribution in [3.8, 4) is 11.3 Å². The predicted molar refractivity (Wildman–Crippen MR) is 106 cm³/mol. The number of amides is 1. The van der Waals surface area contributed by atoms with Crippen LogP contribution in [0.2, 0.25) is 0 Å². The molecule has 144 valence electrons. The summed E-state index contributed by atoms with van der Waals surface area (Å²) in [7, 11) is 0. The lowest BCUT2D eigenvalue weighted by molar-refractivity contribution is -0.123. The van der Waals surface area contributed by atoms with Crippen molar-refractivity contribution in [2.24, 2.45) is 0 Å². The van der Waals surface area contributed by atoms with Gasteiger partial charge in [0.25, 0.3) is 0 Å². The molecule has 6 heteroatoms. The molecule has 0 unspecified atom stereocenters. The van der Waals surface area contributed by atoms with Crippen LogP contribution in [0.4, 0.5) is 4.39 Å². The van der Waals surface area contributed by atoms with Crippen LogP contribution in [-0.2, 0) is 17.8 Å². The Morgan fingerprint density at radius 3 is 2.86 bits per heavy atom. The summed E-state index contributed by atoms with van der Waals surface area (Å²) in [6.07, 6.45) is 0.791. The van der Waals surface area contributed by atoms with E-state index in [2.05, 4.69) is 20.4 Å². The number of benzene rings is 2. The fraction of sp³-hybridized carbons (Fsp3) is 0.273. The highest BCUT2D eigenvalue weighted by Gasteiger charge is 2.24. The summed E-state index contributed by atoms with van der Waals surface area (Å²) in [5.74, 6) is -0.285. The number of rotatable bonds is 5. The summed E-state index contributed by atoms with van der Waals surface area (Å²) < 4.78 is 13.6. The van der Waals surface area contributed by atoms with Crippen molar-refractivity contribution in [3.05, 3.63) is 77.2 Å². The van der Waals surface area contributed by atoms with Crippen LogP contribution < -0.4 is 5.32 Å². The van der Waals surface area contributed by atoms with E-state index in [1.165, 1.54) is 12.1 Å². The predicted octanol–water partition coefficient (Wildman–Crippen LogP) is 3.45. The molecule has 1 amide bonds. The van der Waals surface area contributed by atoms with Crippen LogP contribution in [-0.4, -0.2) is 34.1 Å². The van der Waals surface area contributed by atoms with E-state index in [1.807, 2.05) is 43.3 Å². The zero-order valence-electron chi connectivity index (χ0n) is 15.8. The van der Waals surface area contributed by atoms with Crippen LogP contribution in [0.25, 0.3) is 11.3 Å². The summed E-state index contributed by atoms with van der Waals surface area (Å²) in [6, 6.07) is 16.3. The van der Waals surface area contributed by atoms with Crippen LogP contribution in [0.1, 0.15) is 29.8 Å². The van der Waals surface area contributed by atoms with Gasteiger partial charge in [-0.3, -0.25) is 14.8 Å². The van der Waals surface area contributed by atoms with E-state index in [1.54, 1.807) is 6.07 Å². The lowest BCUT2D eigenvalue weighted by Crippen LogP contribution is -2.40. The number of fused-ring (bicyclic) bond motifs is 1. The van der Waals surface area contributed by atoms with Gasteiger partial charge in [-0.05, 0) is 24.6 Å². The normalized spacial score (nSPS) is 15.1. The van der Waals surface area contributed by atoms with Crippen molar-refractivity contribution in [1.29, 1.82) is 0 Å². The molecule has 3 aromatic rings. The van der Waals surface area contributed by atoms with E-state index in [4.69, 9.17) is 0 Å². The van der Waals surface area contributed by atoms with E-state index in [-0.39, 0.29) is 17.8 Å². The maximum Gasteiger partial charge on any atom is 0.234 e. The van der Waals surface area contributed by atoms with Gasteiger partial charge in [0, 0.05) is 36.3 Å². The van der Waals surface area contributed by atoms with E-state index >= 15 is 0 Å². The number of halogens is 1.